The summed E-state index contributed by atoms with van der Waals surface area (Å²) in [6.45, 7) is 14.9. The standard InChI is InChI=1S/C25H52O3.H2O/c1-7-10-13-15-20-25(26-21-16-12-9-3,27-22-17-14-11-8-2)28-24(6)19-18-23(4)5;/h23-24H,7-22H2,1-6H3;1H2. The molecule has 178 valence electrons. The summed E-state index contributed by atoms with van der Waals surface area (Å²) >= 11 is 0. The Kier molecular flexibility index (Phi) is 22.6. The van der Waals surface area contributed by atoms with Gasteiger partial charge >= 0.3 is 0 Å². The molecule has 0 rings (SSSR count). The van der Waals surface area contributed by atoms with Crippen LogP contribution in [0, 0.1) is 5.92 Å². The molecule has 4 nitrogen and oxygen atoms in total. The minimum absolute atomic E-state index is 0. The molecule has 0 aliphatic carbocycles. The highest BCUT2D eigenvalue weighted by atomic mass is 16.9. The zero-order valence-corrected chi connectivity index (χ0v) is 20.7. The average molecular weight is 419 g/mol. The van der Waals surface area contributed by atoms with Gasteiger partial charge < -0.3 is 19.7 Å². The van der Waals surface area contributed by atoms with E-state index in [-0.39, 0.29) is 11.6 Å². The van der Waals surface area contributed by atoms with E-state index in [1.165, 1.54) is 57.8 Å². The summed E-state index contributed by atoms with van der Waals surface area (Å²) in [4.78, 5) is 0. The molecule has 0 aliphatic heterocycles. The zero-order valence-electron chi connectivity index (χ0n) is 20.7. The number of hydrogen-bond donors (Lipinski definition) is 0. The largest absolute Gasteiger partial charge is 0.412 e. The summed E-state index contributed by atoms with van der Waals surface area (Å²) in [5.41, 5.74) is 0. The Hall–Kier alpha value is -0.160. The predicted octanol–water partition coefficient (Wildman–Crippen LogP) is 7.43. The molecule has 0 aromatic carbocycles. The molecular formula is C25H54O4. The first-order valence-corrected chi connectivity index (χ1v) is 12.4. The molecule has 0 saturated heterocycles. The fourth-order valence-corrected chi connectivity index (χ4v) is 3.35. The molecule has 0 saturated carbocycles. The highest BCUT2D eigenvalue weighted by Crippen LogP contribution is 2.28. The van der Waals surface area contributed by atoms with Crippen LogP contribution < -0.4 is 0 Å². The van der Waals surface area contributed by atoms with Crippen molar-refractivity contribution < 1.29 is 19.7 Å². The lowest BCUT2D eigenvalue weighted by molar-refractivity contribution is -0.396. The Morgan fingerprint density at radius 3 is 1.62 bits per heavy atom. The third-order valence-corrected chi connectivity index (χ3v) is 5.26. The monoisotopic (exact) mass is 418 g/mol. The van der Waals surface area contributed by atoms with Gasteiger partial charge in [-0.2, -0.15) is 0 Å². The second-order valence-corrected chi connectivity index (χ2v) is 8.86. The molecule has 2 unspecified atom stereocenters. The first-order valence-electron chi connectivity index (χ1n) is 12.4. The Morgan fingerprint density at radius 1 is 0.621 bits per heavy atom. The first-order chi connectivity index (χ1) is 13.5. The minimum Gasteiger partial charge on any atom is -0.412 e. The van der Waals surface area contributed by atoms with Crippen LogP contribution in [-0.2, 0) is 14.2 Å². The van der Waals surface area contributed by atoms with E-state index in [0.29, 0.717) is 5.92 Å². The molecule has 4 heteroatoms. The lowest BCUT2D eigenvalue weighted by Gasteiger charge is -2.36. The number of hydrogen-bond acceptors (Lipinski definition) is 3. The van der Waals surface area contributed by atoms with Crippen molar-refractivity contribution in [2.75, 3.05) is 13.2 Å². The Labute approximate surface area is 182 Å². The third kappa shape index (κ3) is 18.3. The van der Waals surface area contributed by atoms with Crippen LogP contribution in [-0.4, -0.2) is 30.8 Å². The van der Waals surface area contributed by atoms with Crippen molar-refractivity contribution in [3.05, 3.63) is 0 Å². The van der Waals surface area contributed by atoms with Gasteiger partial charge in [-0.25, -0.2) is 0 Å². The van der Waals surface area contributed by atoms with Crippen LogP contribution in [0.2, 0.25) is 0 Å². The van der Waals surface area contributed by atoms with Crippen molar-refractivity contribution in [2.45, 2.75) is 144 Å². The Morgan fingerprint density at radius 2 is 1.10 bits per heavy atom. The molecule has 2 atom stereocenters. The van der Waals surface area contributed by atoms with E-state index in [0.717, 1.165) is 45.3 Å². The molecule has 0 aliphatic rings. The summed E-state index contributed by atoms with van der Waals surface area (Å²) in [5, 5.41) is 0. The van der Waals surface area contributed by atoms with Gasteiger partial charge in [0.05, 0.1) is 19.3 Å². The molecule has 0 bridgehead atoms. The van der Waals surface area contributed by atoms with Crippen LogP contribution in [0.1, 0.15) is 131 Å². The van der Waals surface area contributed by atoms with Crippen LogP contribution in [0.5, 0.6) is 0 Å². The molecule has 0 amide bonds. The third-order valence-electron chi connectivity index (χ3n) is 5.26. The minimum atomic E-state index is -0.843. The molecule has 29 heavy (non-hydrogen) atoms. The van der Waals surface area contributed by atoms with Gasteiger partial charge in [0.25, 0.3) is 5.97 Å². The van der Waals surface area contributed by atoms with Crippen LogP contribution in [0.3, 0.4) is 0 Å². The zero-order chi connectivity index (χ0) is 21.1. The summed E-state index contributed by atoms with van der Waals surface area (Å²) in [6.07, 6.45) is 16.4. The fraction of sp³-hybridized carbons (Fsp3) is 1.00. The van der Waals surface area contributed by atoms with Gasteiger partial charge in [-0.3, -0.25) is 0 Å². The van der Waals surface area contributed by atoms with E-state index in [9.17, 15) is 0 Å². The van der Waals surface area contributed by atoms with Gasteiger partial charge in [-0.1, -0.05) is 86.0 Å². The molecule has 0 aromatic heterocycles. The smallest absolute Gasteiger partial charge is 0.283 e. The summed E-state index contributed by atoms with van der Waals surface area (Å²) < 4.78 is 19.2. The van der Waals surface area contributed by atoms with E-state index in [4.69, 9.17) is 14.2 Å². The molecule has 0 radical (unpaired) electrons. The summed E-state index contributed by atoms with van der Waals surface area (Å²) in [7, 11) is 0. The predicted molar refractivity (Wildman–Crippen MR) is 125 cm³/mol. The highest BCUT2D eigenvalue weighted by molar-refractivity contribution is 4.65. The van der Waals surface area contributed by atoms with Crippen molar-refractivity contribution in [1.82, 2.24) is 0 Å². The molecule has 0 heterocycles. The van der Waals surface area contributed by atoms with E-state index in [1.807, 2.05) is 0 Å². The van der Waals surface area contributed by atoms with Crippen molar-refractivity contribution in [1.29, 1.82) is 0 Å². The lowest BCUT2D eigenvalue weighted by atomic mass is 10.1. The maximum absolute atomic E-state index is 6.51. The SMILES string of the molecule is CCCCCCOC(CCCCCC)(OCCCCC)OC(C)CCC(C)C.O. The lowest BCUT2D eigenvalue weighted by Crippen LogP contribution is -2.42. The van der Waals surface area contributed by atoms with Crippen molar-refractivity contribution in [3.63, 3.8) is 0 Å². The van der Waals surface area contributed by atoms with Crippen molar-refractivity contribution in [2.24, 2.45) is 5.92 Å². The van der Waals surface area contributed by atoms with Gasteiger partial charge in [0, 0.05) is 6.42 Å². The van der Waals surface area contributed by atoms with Crippen molar-refractivity contribution in [3.8, 4) is 0 Å². The Bertz CT molecular complexity index is 308. The van der Waals surface area contributed by atoms with E-state index >= 15 is 0 Å². The summed E-state index contributed by atoms with van der Waals surface area (Å²) in [6, 6.07) is 0. The molecule has 2 N–H and O–H groups in total. The van der Waals surface area contributed by atoms with Gasteiger partial charge in [-0.05, 0) is 44.9 Å². The van der Waals surface area contributed by atoms with E-state index in [2.05, 4.69) is 41.5 Å². The van der Waals surface area contributed by atoms with Crippen LogP contribution in [0.4, 0.5) is 0 Å². The van der Waals surface area contributed by atoms with Gasteiger partial charge in [0.2, 0.25) is 0 Å². The van der Waals surface area contributed by atoms with Gasteiger partial charge in [-0.15, -0.1) is 0 Å². The Balaban J connectivity index is 0. The van der Waals surface area contributed by atoms with E-state index in [1.54, 1.807) is 0 Å². The van der Waals surface area contributed by atoms with Crippen LogP contribution in [0.15, 0.2) is 0 Å². The normalized spacial score (nSPS) is 14.6. The molecular weight excluding hydrogens is 364 g/mol. The van der Waals surface area contributed by atoms with Gasteiger partial charge in [0.1, 0.15) is 0 Å². The number of rotatable bonds is 21. The van der Waals surface area contributed by atoms with E-state index < -0.39 is 5.97 Å². The fourth-order valence-electron chi connectivity index (χ4n) is 3.35. The topological polar surface area (TPSA) is 59.2 Å². The first kappa shape index (κ1) is 31.0. The number of ether oxygens (including phenoxy) is 3. The highest BCUT2D eigenvalue weighted by Gasteiger charge is 2.35. The quantitative estimate of drug-likeness (QED) is 0.144. The second-order valence-electron chi connectivity index (χ2n) is 8.86. The molecule has 0 spiro atoms. The molecule has 0 aromatic rings. The van der Waals surface area contributed by atoms with Crippen LogP contribution in [0.25, 0.3) is 0 Å². The maximum atomic E-state index is 6.51. The summed E-state index contributed by atoms with van der Waals surface area (Å²) in [5.74, 6) is -0.144. The van der Waals surface area contributed by atoms with Crippen molar-refractivity contribution >= 4 is 0 Å². The number of unbranched alkanes of at least 4 members (excludes halogenated alkanes) is 8. The van der Waals surface area contributed by atoms with Crippen LogP contribution >= 0.6 is 0 Å². The molecule has 0 fully saturated rings. The van der Waals surface area contributed by atoms with Gasteiger partial charge in [0.15, 0.2) is 0 Å². The average Bonchev–Trinajstić information content (AvgIpc) is 2.67. The maximum Gasteiger partial charge on any atom is 0.283 e. The second kappa shape index (κ2) is 21.1.